The maximum absolute atomic E-state index is 10.6. The van der Waals surface area contributed by atoms with Gasteiger partial charge in [-0.3, -0.25) is 9.69 Å². The third kappa shape index (κ3) is 3.93. The molecule has 0 aliphatic rings. The first-order valence-electron chi connectivity index (χ1n) is 2.89. The van der Waals surface area contributed by atoms with Crippen molar-refractivity contribution in [1.82, 2.24) is 4.90 Å². The normalized spacial score (nSPS) is 9.00. The lowest BCUT2D eigenvalue weighted by atomic mass is 10.5. The number of rotatable bonds is 3. The molecule has 0 aromatic heterocycles. The van der Waals surface area contributed by atoms with E-state index in [0.717, 1.165) is 0 Å². The Labute approximate surface area is 61.0 Å². The average Bonchev–Trinajstić information content (AvgIpc) is 1.88. The van der Waals surface area contributed by atoms with Gasteiger partial charge in [0.2, 0.25) is 0 Å². The topological polar surface area (TPSA) is 29.5 Å². The standard InChI is InChI=1S/C7H11NO2/c1-4-5-8(2)6-7(9)10-3/h1H,5-6H2,2-3H3. The number of hydrogen-bond acceptors (Lipinski definition) is 3. The second kappa shape index (κ2) is 4.83. The minimum Gasteiger partial charge on any atom is -0.468 e. The van der Waals surface area contributed by atoms with E-state index in [1.54, 1.807) is 11.9 Å². The van der Waals surface area contributed by atoms with Crippen LogP contribution in [0.1, 0.15) is 0 Å². The fourth-order valence-electron chi connectivity index (χ4n) is 0.497. The molecule has 0 N–H and O–H groups in total. The van der Waals surface area contributed by atoms with Gasteiger partial charge in [-0.05, 0) is 7.05 Å². The highest BCUT2D eigenvalue weighted by molar-refractivity contribution is 5.71. The number of ether oxygens (including phenoxy) is 1. The van der Waals surface area contributed by atoms with E-state index in [0.29, 0.717) is 6.54 Å². The third-order valence-corrected chi connectivity index (χ3v) is 0.988. The summed E-state index contributed by atoms with van der Waals surface area (Å²) in [5.41, 5.74) is 0. The molecule has 0 heterocycles. The molecule has 3 heteroatoms. The van der Waals surface area contributed by atoms with E-state index >= 15 is 0 Å². The van der Waals surface area contributed by atoms with E-state index in [2.05, 4.69) is 10.7 Å². The molecular weight excluding hydrogens is 130 g/mol. The minimum atomic E-state index is -0.266. The first kappa shape index (κ1) is 8.99. The average molecular weight is 141 g/mol. The molecule has 0 aromatic rings. The van der Waals surface area contributed by atoms with Gasteiger partial charge in [0.15, 0.2) is 0 Å². The van der Waals surface area contributed by atoms with Crippen LogP contribution in [0.25, 0.3) is 0 Å². The van der Waals surface area contributed by atoms with Crippen LogP contribution < -0.4 is 0 Å². The van der Waals surface area contributed by atoms with Crippen LogP contribution >= 0.6 is 0 Å². The van der Waals surface area contributed by atoms with Gasteiger partial charge in [0.25, 0.3) is 0 Å². The SMILES string of the molecule is C#CCN(C)CC(=O)OC. The Morgan fingerprint density at radius 3 is 2.80 bits per heavy atom. The number of esters is 1. The van der Waals surface area contributed by atoms with Crippen LogP contribution in [-0.2, 0) is 9.53 Å². The largest absolute Gasteiger partial charge is 0.468 e. The molecule has 0 amide bonds. The van der Waals surface area contributed by atoms with Crippen molar-refractivity contribution >= 4 is 5.97 Å². The predicted molar refractivity (Wildman–Crippen MR) is 38.3 cm³/mol. The Morgan fingerprint density at radius 2 is 2.40 bits per heavy atom. The molecule has 0 aromatic carbocycles. The quantitative estimate of drug-likeness (QED) is 0.400. The van der Waals surface area contributed by atoms with Crippen molar-refractivity contribution in [1.29, 1.82) is 0 Å². The van der Waals surface area contributed by atoms with E-state index in [1.165, 1.54) is 7.11 Å². The number of carbonyl (C=O) groups is 1. The molecule has 0 unspecified atom stereocenters. The van der Waals surface area contributed by atoms with E-state index in [9.17, 15) is 4.79 Å². The molecule has 0 aliphatic heterocycles. The summed E-state index contributed by atoms with van der Waals surface area (Å²) in [6.45, 7) is 0.718. The van der Waals surface area contributed by atoms with Gasteiger partial charge in [-0.25, -0.2) is 0 Å². The van der Waals surface area contributed by atoms with Crippen LogP contribution in [0.3, 0.4) is 0 Å². The first-order valence-corrected chi connectivity index (χ1v) is 2.89. The minimum absolute atomic E-state index is 0.251. The first-order chi connectivity index (χ1) is 4.70. The molecule has 10 heavy (non-hydrogen) atoms. The molecule has 0 rings (SSSR count). The van der Waals surface area contributed by atoms with Crippen molar-refractivity contribution in [3.63, 3.8) is 0 Å². The fraction of sp³-hybridized carbons (Fsp3) is 0.571. The number of terminal acetylenes is 1. The molecule has 0 bridgehead atoms. The van der Waals surface area contributed by atoms with Crippen molar-refractivity contribution < 1.29 is 9.53 Å². The summed E-state index contributed by atoms with van der Waals surface area (Å²) >= 11 is 0. The molecule has 3 nitrogen and oxygen atoms in total. The van der Waals surface area contributed by atoms with Crippen LogP contribution in [0.15, 0.2) is 0 Å². The lowest BCUT2D eigenvalue weighted by Crippen LogP contribution is -2.26. The van der Waals surface area contributed by atoms with Crippen molar-refractivity contribution in [3.05, 3.63) is 0 Å². The lowest BCUT2D eigenvalue weighted by Gasteiger charge is -2.09. The van der Waals surface area contributed by atoms with Gasteiger partial charge in [0, 0.05) is 0 Å². The zero-order valence-electron chi connectivity index (χ0n) is 6.26. The molecule has 0 radical (unpaired) electrons. The zero-order valence-corrected chi connectivity index (χ0v) is 6.26. The smallest absolute Gasteiger partial charge is 0.319 e. The maximum atomic E-state index is 10.6. The van der Waals surface area contributed by atoms with E-state index in [4.69, 9.17) is 6.42 Å². The van der Waals surface area contributed by atoms with E-state index in [-0.39, 0.29) is 12.5 Å². The zero-order chi connectivity index (χ0) is 7.98. The van der Waals surface area contributed by atoms with Crippen LogP contribution in [-0.4, -0.2) is 38.1 Å². The molecule has 0 aliphatic carbocycles. The number of likely N-dealkylation sites (N-methyl/N-ethyl adjacent to an activating group) is 1. The molecule has 0 saturated heterocycles. The lowest BCUT2D eigenvalue weighted by molar-refractivity contribution is -0.141. The van der Waals surface area contributed by atoms with Crippen molar-refractivity contribution in [3.8, 4) is 12.3 Å². The highest BCUT2D eigenvalue weighted by Crippen LogP contribution is 1.81. The Bertz CT molecular complexity index is 148. The van der Waals surface area contributed by atoms with Gasteiger partial charge in [0.05, 0.1) is 20.2 Å². The number of methoxy groups -OCH3 is 1. The maximum Gasteiger partial charge on any atom is 0.319 e. The second-order valence-corrected chi connectivity index (χ2v) is 1.95. The van der Waals surface area contributed by atoms with Gasteiger partial charge in [0.1, 0.15) is 0 Å². The van der Waals surface area contributed by atoms with Gasteiger partial charge in [-0.2, -0.15) is 0 Å². The van der Waals surface area contributed by atoms with Crippen molar-refractivity contribution in [2.24, 2.45) is 0 Å². The number of hydrogen-bond donors (Lipinski definition) is 0. The van der Waals surface area contributed by atoms with Crippen LogP contribution in [0.2, 0.25) is 0 Å². The summed E-state index contributed by atoms with van der Waals surface area (Å²) < 4.78 is 4.42. The molecule has 56 valence electrons. The number of carbonyl (C=O) groups excluding carboxylic acids is 1. The second-order valence-electron chi connectivity index (χ2n) is 1.95. The van der Waals surface area contributed by atoms with E-state index in [1.807, 2.05) is 0 Å². The van der Waals surface area contributed by atoms with Crippen LogP contribution in [0, 0.1) is 12.3 Å². The van der Waals surface area contributed by atoms with E-state index < -0.39 is 0 Å². The van der Waals surface area contributed by atoms with Gasteiger partial charge in [-0.15, -0.1) is 6.42 Å². The third-order valence-electron chi connectivity index (χ3n) is 0.988. The predicted octanol–water partition coefficient (Wildman–Crippen LogP) is -0.276. The van der Waals surface area contributed by atoms with Gasteiger partial charge >= 0.3 is 5.97 Å². The Hall–Kier alpha value is -1.01. The summed E-state index contributed by atoms with van der Waals surface area (Å²) in [6, 6.07) is 0. The summed E-state index contributed by atoms with van der Waals surface area (Å²) in [7, 11) is 3.11. The van der Waals surface area contributed by atoms with Gasteiger partial charge < -0.3 is 4.74 Å². The molecule has 0 atom stereocenters. The molecule has 0 saturated carbocycles. The Kier molecular flexibility index (Phi) is 4.34. The van der Waals surface area contributed by atoms with Crippen molar-refractivity contribution in [2.45, 2.75) is 0 Å². The Morgan fingerprint density at radius 1 is 1.80 bits per heavy atom. The Balaban J connectivity index is 3.49. The highest BCUT2D eigenvalue weighted by Gasteiger charge is 2.02. The van der Waals surface area contributed by atoms with Crippen molar-refractivity contribution in [2.75, 3.05) is 27.2 Å². The van der Waals surface area contributed by atoms with Crippen LogP contribution in [0.5, 0.6) is 0 Å². The fourth-order valence-corrected chi connectivity index (χ4v) is 0.497. The number of nitrogens with zero attached hydrogens (tertiary/aromatic N) is 1. The summed E-state index contributed by atoms with van der Waals surface area (Å²) in [4.78, 5) is 12.3. The van der Waals surface area contributed by atoms with Crippen LogP contribution in [0.4, 0.5) is 0 Å². The molecule has 0 fully saturated rings. The summed E-state index contributed by atoms with van der Waals surface area (Å²) in [5.74, 6) is 2.15. The molecular formula is C7H11NO2. The highest BCUT2D eigenvalue weighted by atomic mass is 16.5. The monoisotopic (exact) mass is 141 g/mol. The summed E-state index contributed by atoms with van der Waals surface area (Å²) in [5, 5.41) is 0. The van der Waals surface area contributed by atoms with Gasteiger partial charge in [-0.1, -0.05) is 5.92 Å². The molecule has 0 spiro atoms. The summed E-state index contributed by atoms with van der Waals surface area (Å²) in [6.07, 6.45) is 5.00.